The summed E-state index contributed by atoms with van der Waals surface area (Å²) in [5.41, 5.74) is 0.626. The molecule has 2 fully saturated rings. The maximum absolute atomic E-state index is 14.4. The fraction of sp³-hybridized carbons (Fsp3) is 0.556. The highest BCUT2D eigenvalue weighted by Crippen LogP contribution is 2.44. The van der Waals surface area contributed by atoms with Crippen LogP contribution in [0.3, 0.4) is 0 Å². The third-order valence-electron chi connectivity index (χ3n) is 7.76. The first-order valence-corrected chi connectivity index (χ1v) is 12.4. The summed E-state index contributed by atoms with van der Waals surface area (Å²) in [5, 5.41) is -0.197. The van der Waals surface area contributed by atoms with Gasteiger partial charge in [-0.15, -0.1) is 0 Å². The third-order valence-corrected chi connectivity index (χ3v) is 8.07. The van der Waals surface area contributed by atoms with Crippen LogP contribution in [0.25, 0.3) is 0 Å². The molecule has 0 aliphatic heterocycles. The number of hydrogen-bond acceptors (Lipinski definition) is 1. The number of rotatable bonds is 6. The van der Waals surface area contributed by atoms with E-state index in [4.69, 9.17) is 16.3 Å². The van der Waals surface area contributed by atoms with E-state index in [-0.39, 0.29) is 10.8 Å². The maximum Gasteiger partial charge on any atom is 0.426 e. The predicted octanol–water partition coefficient (Wildman–Crippen LogP) is 9.10. The molecule has 0 saturated heterocycles. The van der Waals surface area contributed by atoms with Gasteiger partial charge in [0.15, 0.2) is 0 Å². The average molecular weight is 465 g/mol. The SMILES string of the molecule is CCC1CCC(C2CCC(c3ccc(OC(F)(F)c4ccc(Cl)c(F)c4)cc3)CC2)CC1. The first-order valence-electron chi connectivity index (χ1n) is 12.0. The van der Waals surface area contributed by atoms with Gasteiger partial charge in [0.25, 0.3) is 0 Å². The minimum absolute atomic E-state index is 0.0653. The zero-order chi connectivity index (χ0) is 22.7. The van der Waals surface area contributed by atoms with Crippen LogP contribution in [0.4, 0.5) is 13.2 Å². The van der Waals surface area contributed by atoms with Gasteiger partial charge in [0.05, 0.1) is 10.6 Å². The largest absolute Gasteiger partial charge is 0.429 e. The quantitative estimate of drug-likeness (QED) is 0.414. The number of halogens is 4. The molecule has 2 aromatic carbocycles. The van der Waals surface area contributed by atoms with Crippen molar-refractivity contribution in [2.45, 2.75) is 76.7 Å². The van der Waals surface area contributed by atoms with Crippen LogP contribution in [0.1, 0.15) is 81.8 Å². The number of hydrogen-bond donors (Lipinski definition) is 0. The lowest BCUT2D eigenvalue weighted by atomic mass is 9.68. The molecule has 0 spiro atoms. The van der Waals surface area contributed by atoms with Gasteiger partial charge in [0.2, 0.25) is 0 Å². The van der Waals surface area contributed by atoms with Gasteiger partial charge in [-0.2, -0.15) is 8.78 Å². The highest BCUT2D eigenvalue weighted by Gasteiger charge is 2.35. The Morgan fingerprint density at radius 3 is 2.03 bits per heavy atom. The first kappa shape index (κ1) is 23.5. The topological polar surface area (TPSA) is 9.23 Å². The second-order valence-electron chi connectivity index (χ2n) is 9.62. The van der Waals surface area contributed by atoms with Crippen LogP contribution in [0.15, 0.2) is 42.5 Å². The lowest BCUT2D eigenvalue weighted by Gasteiger charge is -2.38. The van der Waals surface area contributed by atoms with Crippen molar-refractivity contribution in [1.29, 1.82) is 0 Å². The standard InChI is InChI=1S/C27H32ClF3O/c1-2-18-3-5-19(6-4-18)20-7-9-21(10-8-20)22-11-14-24(15-12-22)32-27(30,31)23-13-16-25(28)26(29)17-23/h11-21H,2-10H2,1H3. The van der Waals surface area contributed by atoms with Gasteiger partial charge < -0.3 is 4.74 Å². The molecule has 2 aliphatic carbocycles. The Hall–Kier alpha value is -1.68. The van der Waals surface area contributed by atoms with E-state index in [1.807, 2.05) is 12.1 Å². The van der Waals surface area contributed by atoms with E-state index < -0.39 is 17.5 Å². The molecule has 0 heterocycles. The van der Waals surface area contributed by atoms with Gasteiger partial charge in [-0.25, -0.2) is 4.39 Å². The van der Waals surface area contributed by atoms with E-state index in [1.165, 1.54) is 63.4 Å². The molecular formula is C27H32ClF3O. The van der Waals surface area contributed by atoms with E-state index in [2.05, 4.69) is 6.92 Å². The molecule has 2 aliphatic rings. The molecule has 1 nitrogen and oxygen atoms in total. The van der Waals surface area contributed by atoms with Crippen LogP contribution in [0.5, 0.6) is 5.75 Å². The zero-order valence-electron chi connectivity index (χ0n) is 18.6. The van der Waals surface area contributed by atoms with Crippen molar-refractivity contribution in [3.8, 4) is 5.75 Å². The van der Waals surface area contributed by atoms with E-state index >= 15 is 0 Å². The number of alkyl halides is 2. The fourth-order valence-corrected chi connectivity index (χ4v) is 5.80. The van der Waals surface area contributed by atoms with Gasteiger partial charge in [0, 0.05) is 0 Å². The van der Waals surface area contributed by atoms with Crippen molar-refractivity contribution < 1.29 is 17.9 Å². The smallest absolute Gasteiger partial charge is 0.426 e. The Morgan fingerprint density at radius 2 is 1.47 bits per heavy atom. The second-order valence-corrected chi connectivity index (χ2v) is 10.0. The second kappa shape index (κ2) is 10.1. The van der Waals surface area contributed by atoms with Crippen molar-refractivity contribution in [2.75, 3.05) is 0 Å². The molecule has 0 N–H and O–H groups in total. The minimum Gasteiger partial charge on any atom is -0.429 e. The lowest BCUT2D eigenvalue weighted by molar-refractivity contribution is -0.185. The van der Waals surface area contributed by atoms with E-state index in [1.54, 1.807) is 12.1 Å². The molecule has 4 rings (SSSR count). The Kier molecular flexibility index (Phi) is 7.39. The maximum atomic E-state index is 14.4. The lowest BCUT2D eigenvalue weighted by Crippen LogP contribution is -2.25. The molecule has 174 valence electrons. The fourth-order valence-electron chi connectivity index (χ4n) is 5.68. The number of benzene rings is 2. The molecule has 0 amide bonds. The van der Waals surface area contributed by atoms with Crippen molar-refractivity contribution in [3.63, 3.8) is 0 Å². The summed E-state index contributed by atoms with van der Waals surface area (Å²) < 4.78 is 47.3. The molecule has 32 heavy (non-hydrogen) atoms. The Morgan fingerprint density at radius 1 is 0.875 bits per heavy atom. The van der Waals surface area contributed by atoms with Crippen LogP contribution < -0.4 is 4.74 Å². The molecular weight excluding hydrogens is 433 g/mol. The Balaban J connectivity index is 1.32. The summed E-state index contributed by atoms with van der Waals surface area (Å²) >= 11 is 5.59. The summed E-state index contributed by atoms with van der Waals surface area (Å²) in [7, 11) is 0. The number of ether oxygens (including phenoxy) is 1. The van der Waals surface area contributed by atoms with Crippen molar-refractivity contribution in [1.82, 2.24) is 0 Å². The molecule has 0 bridgehead atoms. The van der Waals surface area contributed by atoms with E-state index in [0.29, 0.717) is 12.0 Å². The summed E-state index contributed by atoms with van der Waals surface area (Å²) in [4.78, 5) is 0. The Labute approximate surface area is 194 Å². The molecule has 5 heteroatoms. The normalized spacial score (nSPS) is 26.7. The van der Waals surface area contributed by atoms with Gasteiger partial charge in [-0.05, 0) is 98.1 Å². The molecule has 0 atom stereocenters. The molecule has 0 unspecified atom stereocenters. The summed E-state index contributed by atoms with van der Waals surface area (Å²) in [6, 6.07) is 9.87. The van der Waals surface area contributed by atoms with E-state index in [9.17, 15) is 13.2 Å². The summed E-state index contributed by atoms with van der Waals surface area (Å²) in [5.74, 6) is 2.35. The van der Waals surface area contributed by atoms with Crippen LogP contribution in [-0.2, 0) is 6.11 Å². The van der Waals surface area contributed by atoms with E-state index in [0.717, 1.165) is 29.9 Å². The van der Waals surface area contributed by atoms with Crippen LogP contribution >= 0.6 is 11.6 Å². The molecule has 0 aromatic heterocycles. The minimum atomic E-state index is -3.64. The zero-order valence-corrected chi connectivity index (χ0v) is 19.4. The van der Waals surface area contributed by atoms with Gasteiger partial charge >= 0.3 is 6.11 Å². The highest BCUT2D eigenvalue weighted by molar-refractivity contribution is 6.30. The highest BCUT2D eigenvalue weighted by atomic mass is 35.5. The van der Waals surface area contributed by atoms with Gasteiger partial charge in [0.1, 0.15) is 11.6 Å². The van der Waals surface area contributed by atoms with Crippen molar-refractivity contribution in [3.05, 3.63) is 64.4 Å². The first-order chi connectivity index (χ1) is 15.4. The molecule has 0 radical (unpaired) electrons. The Bertz CT molecular complexity index is 882. The predicted molar refractivity (Wildman–Crippen MR) is 123 cm³/mol. The summed E-state index contributed by atoms with van der Waals surface area (Å²) in [6.45, 7) is 2.31. The van der Waals surface area contributed by atoms with Crippen molar-refractivity contribution >= 4 is 11.6 Å². The molecule has 2 aromatic rings. The summed E-state index contributed by atoms with van der Waals surface area (Å²) in [6.07, 6.45) is 8.14. The molecule has 2 saturated carbocycles. The monoisotopic (exact) mass is 464 g/mol. The van der Waals surface area contributed by atoms with Crippen molar-refractivity contribution in [2.24, 2.45) is 17.8 Å². The van der Waals surface area contributed by atoms with Gasteiger partial charge in [-0.1, -0.05) is 49.9 Å². The third kappa shape index (κ3) is 5.44. The average Bonchev–Trinajstić information content (AvgIpc) is 2.81. The van der Waals surface area contributed by atoms with Crippen LogP contribution in [0, 0.1) is 23.6 Å². The van der Waals surface area contributed by atoms with Crippen LogP contribution in [0.2, 0.25) is 5.02 Å². The van der Waals surface area contributed by atoms with Crippen LogP contribution in [-0.4, -0.2) is 0 Å². The van der Waals surface area contributed by atoms with Gasteiger partial charge in [-0.3, -0.25) is 0 Å².